The van der Waals surface area contributed by atoms with E-state index in [2.05, 4.69) is 4.72 Å². The average molecular weight is 417 g/mol. The number of hydrogen-bond acceptors (Lipinski definition) is 6. The van der Waals surface area contributed by atoms with E-state index in [1.807, 2.05) is 0 Å². The van der Waals surface area contributed by atoms with Gasteiger partial charge in [0.05, 0.1) is 31.5 Å². The van der Waals surface area contributed by atoms with Crippen LogP contribution in [0.3, 0.4) is 0 Å². The predicted octanol–water partition coefficient (Wildman–Crippen LogP) is 2.98. The molecule has 1 heterocycles. The van der Waals surface area contributed by atoms with Gasteiger partial charge in [-0.05, 0) is 26.0 Å². The number of carbonyl (C=O) groups is 1. The first-order valence-electron chi connectivity index (χ1n) is 7.94. The van der Waals surface area contributed by atoms with Gasteiger partial charge in [0.1, 0.15) is 22.1 Å². The van der Waals surface area contributed by atoms with Crippen LogP contribution in [-0.2, 0) is 21.8 Å². The van der Waals surface area contributed by atoms with E-state index in [1.54, 1.807) is 20.9 Å². The molecule has 0 aliphatic heterocycles. The normalized spacial score (nSPS) is 11.2. The van der Waals surface area contributed by atoms with Crippen LogP contribution in [0, 0.1) is 6.92 Å². The molecule has 0 atom stereocenters. The molecule has 1 aromatic heterocycles. The van der Waals surface area contributed by atoms with E-state index >= 15 is 0 Å². The summed E-state index contributed by atoms with van der Waals surface area (Å²) in [6, 6.07) is 4.14. The molecule has 2 rings (SSSR count). The Morgan fingerprint density at radius 2 is 1.81 bits per heavy atom. The Labute approximate surface area is 163 Å². The summed E-state index contributed by atoms with van der Waals surface area (Å²) in [5.41, 5.74) is 0.655. The molecular formula is C17H21ClN2O6S. The standard InChI is InChI=1S/C17H21ClN2O6S/c1-6-26-17(21)13-8-16(10(2)20(13)3)27(22,23)19-12-7-11(18)14(24-4)9-15(12)25-5/h7-9,19H,6H2,1-5H3. The van der Waals surface area contributed by atoms with Gasteiger partial charge in [0.25, 0.3) is 10.0 Å². The van der Waals surface area contributed by atoms with Gasteiger partial charge in [-0.3, -0.25) is 4.72 Å². The minimum absolute atomic E-state index is 0.0537. The molecule has 8 nitrogen and oxygen atoms in total. The van der Waals surface area contributed by atoms with Gasteiger partial charge in [-0.15, -0.1) is 0 Å². The first-order chi connectivity index (χ1) is 12.7. The van der Waals surface area contributed by atoms with Crippen LogP contribution >= 0.6 is 11.6 Å². The number of carbonyl (C=O) groups excluding carboxylic acids is 1. The van der Waals surface area contributed by atoms with E-state index < -0.39 is 16.0 Å². The number of anilines is 1. The Morgan fingerprint density at radius 3 is 2.37 bits per heavy atom. The highest BCUT2D eigenvalue weighted by Gasteiger charge is 2.26. The van der Waals surface area contributed by atoms with Crippen LogP contribution in [0.5, 0.6) is 11.5 Å². The minimum atomic E-state index is -4.02. The molecule has 0 saturated carbocycles. The molecule has 148 valence electrons. The molecule has 0 aliphatic carbocycles. The summed E-state index contributed by atoms with van der Waals surface area (Å²) < 4.78 is 45.0. The SMILES string of the molecule is CCOC(=O)c1cc(S(=O)(=O)Nc2cc(Cl)c(OC)cc2OC)c(C)n1C. The largest absolute Gasteiger partial charge is 0.495 e. The fourth-order valence-corrected chi connectivity index (χ4v) is 4.08. The van der Waals surface area contributed by atoms with Gasteiger partial charge in [-0.1, -0.05) is 11.6 Å². The average Bonchev–Trinajstić information content (AvgIpc) is 2.91. The number of rotatable bonds is 7. The molecule has 0 spiro atoms. The number of nitrogens with one attached hydrogen (secondary N) is 1. The molecular weight excluding hydrogens is 396 g/mol. The number of nitrogens with zero attached hydrogens (tertiary/aromatic N) is 1. The summed E-state index contributed by atoms with van der Waals surface area (Å²) in [6.07, 6.45) is 0. The van der Waals surface area contributed by atoms with E-state index in [0.29, 0.717) is 11.4 Å². The number of hydrogen-bond donors (Lipinski definition) is 1. The van der Waals surface area contributed by atoms with Gasteiger partial charge in [0.2, 0.25) is 0 Å². The molecule has 0 bridgehead atoms. The predicted molar refractivity (Wildman–Crippen MR) is 101 cm³/mol. The molecule has 27 heavy (non-hydrogen) atoms. The van der Waals surface area contributed by atoms with Crippen LogP contribution in [-0.4, -0.2) is 39.8 Å². The van der Waals surface area contributed by atoms with Gasteiger partial charge in [0, 0.05) is 18.8 Å². The third-order valence-corrected chi connectivity index (χ3v) is 5.76. The highest BCUT2D eigenvalue weighted by atomic mass is 35.5. The van der Waals surface area contributed by atoms with Crippen molar-refractivity contribution >= 4 is 33.3 Å². The van der Waals surface area contributed by atoms with Crippen LogP contribution in [0.1, 0.15) is 23.1 Å². The molecule has 0 radical (unpaired) electrons. The third kappa shape index (κ3) is 4.14. The number of halogens is 1. The Hall–Kier alpha value is -2.39. The zero-order valence-corrected chi connectivity index (χ0v) is 17.2. The van der Waals surface area contributed by atoms with E-state index in [0.717, 1.165) is 0 Å². The Morgan fingerprint density at radius 1 is 1.19 bits per heavy atom. The zero-order chi connectivity index (χ0) is 20.4. The molecule has 1 aromatic carbocycles. The smallest absolute Gasteiger partial charge is 0.354 e. The van der Waals surface area contributed by atoms with E-state index in [9.17, 15) is 13.2 Å². The highest BCUT2D eigenvalue weighted by molar-refractivity contribution is 7.92. The van der Waals surface area contributed by atoms with Crippen molar-refractivity contribution in [2.75, 3.05) is 25.5 Å². The summed E-state index contributed by atoms with van der Waals surface area (Å²) >= 11 is 6.09. The van der Waals surface area contributed by atoms with Crippen molar-refractivity contribution < 1.29 is 27.4 Å². The fraction of sp³-hybridized carbons (Fsp3) is 0.353. The van der Waals surface area contributed by atoms with Crippen LogP contribution in [0.25, 0.3) is 0 Å². The van der Waals surface area contributed by atoms with Crippen molar-refractivity contribution in [2.24, 2.45) is 7.05 Å². The van der Waals surface area contributed by atoms with Gasteiger partial charge in [0.15, 0.2) is 0 Å². The van der Waals surface area contributed by atoms with Crippen molar-refractivity contribution in [3.05, 3.63) is 34.6 Å². The van der Waals surface area contributed by atoms with Crippen molar-refractivity contribution in [1.82, 2.24) is 4.57 Å². The number of sulfonamides is 1. The van der Waals surface area contributed by atoms with Crippen molar-refractivity contribution in [1.29, 1.82) is 0 Å². The molecule has 0 fully saturated rings. The number of benzene rings is 1. The number of methoxy groups -OCH3 is 2. The summed E-state index contributed by atoms with van der Waals surface area (Å²) in [6.45, 7) is 3.45. The summed E-state index contributed by atoms with van der Waals surface area (Å²) in [4.78, 5) is 12.0. The highest BCUT2D eigenvalue weighted by Crippen LogP contribution is 2.37. The van der Waals surface area contributed by atoms with Crippen LogP contribution < -0.4 is 14.2 Å². The second kappa shape index (κ2) is 8.10. The molecule has 0 unspecified atom stereocenters. The van der Waals surface area contributed by atoms with E-state index in [-0.39, 0.29) is 33.7 Å². The van der Waals surface area contributed by atoms with Crippen LogP contribution in [0.15, 0.2) is 23.1 Å². The molecule has 1 N–H and O–H groups in total. The molecule has 0 amide bonds. The van der Waals surface area contributed by atoms with Crippen molar-refractivity contribution in [2.45, 2.75) is 18.7 Å². The van der Waals surface area contributed by atoms with Gasteiger partial charge in [-0.2, -0.15) is 0 Å². The Kier molecular flexibility index (Phi) is 6.27. The number of esters is 1. The van der Waals surface area contributed by atoms with E-state index in [1.165, 1.54) is 37.0 Å². The molecule has 0 aliphatic rings. The monoisotopic (exact) mass is 416 g/mol. The summed E-state index contributed by atoms with van der Waals surface area (Å²) in [5, 5.41) is 0.216. The second-order valence-corrected chi connectivity index (χ2v) is 7.61. The summed E-state index contributed by atoms with van der Waals surface area (Å²) in [5.74, 6) is -0.0226. The number of aromatic nitrogens is 1. The quantitative estimate of drug-likeness (QED) is 0.697. The Balaban J connectivity index is 2.48. The summed E-state index contributed by atoms with van der Waals surface area (Å²) in [7, 11) is 0.403. The van der Waals surface area contributed by atoms with Crippen LogP contribution in [0.4, 0.5) is 5.69 Å². The maximum atomic E-state index is 12.9. The lowest BCUT2D eigenvalue weighted by atomic mass is 10.3. The first-order valence-corrected chi connectivity index (χ1v) is 9.80. The van der Waals surface area contributed by atoms with Gasteiger partial charge < -0.3 is 18.8 Å². The van der Waals surface area contributed by atoms with Gasteiger partial charge >= 0.3 is 5.97 Å². The second-order valence-electron chi connectivity index (χ2n) is 5.55. The minimum Gasteiger partial charge on any atom is -0.495 e. The maximum absolute atomic E-state index is 12.9. The Bertz CT molecular complexity index is 968. The number of ether oxygens (including phenoxy) is 3. The zero-order valence-electron chi connectivity index (χ0n) is 15.6. The first kappa shape index (κ1) is 20.9. The van der Waals surface area contributed by atoms with E-state index in [4.69, 9.17) is 25.8 Å². The maximum Gasteiger partial charge on any atom is 0.354 e. The third-order valence-electron chi connectivity index (χ3n) is 3.98. The fourth-order valence-electron chi connectivity index (χ4n) is 2.48. The molecule has 10 heteroatoms. The lowest BCUT2D eigenvalue weighted by Gasteiger charge is -2.14. The van der Waals surface area contributed by atoms with Crippen molar-refractivity contribution in [3.63, 3.8) is 0 Å². The lowest BCUT2D eigenvalue weighted by Crippen LogP contribution is -2.14. The molecule has 2 aromatic rings. The molecule has 0 saturated heterocycles. The topological polar surface area (TPSA) is 95.9 Å². The van der Waals surface area contributed by atoms with Crippen LogP contribution in [0.2, 0.25) is 5.02 Å². The van der Waals surface area contributed by atoms with Gasteiger partial charge in [-0.25, -0.2) is 13.2 Å². The van der Waals surface area contributed by atoms with Crippen molar-refractivity contribution in [3.8, 4) is 11.5 Å². The lowest BCUT2D eigenvalue weighted by molar-refractivity contribution is 0.0515.